The molecule has 1 aromatic carbocycles. The quantitative estimate of drug-likeness (QED) is 0.155. The lowest BCUT2D eigenvalue weighted by Crippen LogP contribution is -2.61. The molecule has 1 unspecified atom stereocenters. The number of thiocarbonyl (C=S) groups is 1. The summed E-state index contributed by atoms with van der Waals surface area (Å²) < 4.78 is 78.8. The SMILES string of the molecule is CC[C@H]1OC(=O)[C@H](C)[C@@H](O[C@H]2C[C@@](C)(OC)[C@@H](O)[C@H](C)O2)[C@H](C)[C@@H](O[C@@H]2O[C@H](C)C[C@H](N(C)C)[C@H]2O)C(C)(O)C[C@@H](C)CN(C(=S)Nc2cccc(C(F)(F)F)c2)[C@H](C)[C@@H](O)[C@]1(C)O. The van der Waals surface area contributed by atoms with Crippen molar-refractivity contribution in [1.82, 2.24) is 9.80 Å². The van der Waals surface area contributed by atoms with E-state index in [4.69, 9.17) is 40.6 Å². The number of nitrogens with zero attached hydrogens (tertiary/aromatic N) is 2. The second kappa shape index (κ2) is 21.4. The lowest BCUT2D eigenvalue weighted by Gasteiger charge is -2.49. The third-order valence-corrected chi connectivity index (χ3v) is 14.0. The molecule has 64 heavy (non-hydrogen) atoms. The molecule has 0 bridgehead atoms. The smallest absolute Gasteiger partial charge is 0.416 e. The number of carbonyl (C=O) groups is 1. The van der Waals surface area contributed by atoms with Crippen LogP contribution in [0.1, 0.15) is 100 Å². The Bertz CT molecular complexity index is 1710. The first-order chi connectivity index (χ1) is 29.5. The van der Waals surface area contributed by atoms with E-state index < -0.39 is 114 Å². The maximum absolute atomic E-state index is 14.5. The molecule has 1 aromatic rings. The molecule has 3 aliphatic heterocycles. The molecule has 0 radical (unpaired) electrons. The van der Waals surface area contributed by atoms with Gasteiger partial charge in [0.1, 0.15) is 30.0 Å². The van der Waals surface area contributed by atoms with Gasteiger partial charge in [-0.1, -0.05) is 26.8 Å². The molecule has 19 heteroatoms. The van der Waals surface area contributed by atoms with E-state index in [0.29, 0.717) is 6.42 Å². The monoisotopic (exact) mass is 937 g/mol. The topological polar surface area (TPSA) is 192 Å². The van der Waals surface area contributed by atoms with Crippen molar-refractivity contribution >= 4 is 29.0 Å². The highest BCUT2D eigenvalue weighted by Crippen LogP contribution is 2.41. The van der Waals surface area contributed by atoms with Gasteiger partial charge >= 0.3 is 12.1 Å². The van der Waals surface area contributed by atoms with E-state index >= 15 is 0 Å². The van der Waals surface area contributed by atoms with Crippen molar-refractivity contribution in [2.24, 2.45) is 17.8 Å². The fraction of sp³-hybridized carbons (Fsp3) is 0.822. The Hall–Kier alpha value is -2.27. The van der Waals surface area contributed by atoms with Gasteiger partial charge in [-0.15, -0.1) is 0 Å². The number of esters is 1. The van der Waals surface area contributed by atoms with Crippen LogP contribution in [0.5, 0.6) is 0 Å². The predicted molar refractivity (Wildman–Crippen MR) is 236 cm³/mol. The Morgan fingerprint density at radius 2 is 1.64 bits per heavy atom. The maximum Gasteiger partial charge on any atom is 0.416 e. The number of likely N-dealkylation sites (N-methyl/N-ethyl adjacent to an activating group) is 1. The summed E-state index contributed by atoms with van der Waals surface area (Å²) in [5, 5.41) is 62.4. The predicted octanol–water partition coefficient (Wildman–Crippen LogP) is 4.69. The lowest BCUT2D eigenvalue weighted by molar-refractivity contribution is -0.318. The van der Waals surface area contributed by atoms with Crippen molar-refractivity contribution in [2.75, 3.05) is 33.1 Å². The highest BCUT2D eigenvalue weighted by molar-refractivity contribution is 7.80. The molecule has 368 valence electrons. The minimum atomic E-state index is -4.63. The molecule has 4 rings (SSSR count). The average molecular weight is 938 g/mol. The van der Waals surface area contributed by atoms with E-state index in [1.54, 1.807) is 48.5 Å². The number of alkyl halides is 3. The van der Waals surface area contributed by atoms with Crippen LogP contribution < -0.4 is 5.32 Å². The van der Waals surface area contributed by atoms with Gasteiger partial charge in [-0.05, 0) is 118 Å². The van der Waals surface area contributed by atoms with Crippen LogP contribution in [0.4, 0.5) is 18.9 Å². The summed E-state index contributed by atoms with van der Waals surface area (Å²) in [7, 11) is 5.13. The molecule has 3 heterocycles. The molecule has 18 atom stereocenters. The Balaban J connectivity index is 1.86. The molecule has 3 saturated heterocycles. The van der Waals surface area contributed by atoms with Gasteiger partial charge in [-0.2, -0.15) is 13.2 Å². The number of ether oxygens (including phenoxy) is 6. The summed E-state index contributed by atoms with van der Waals surface area (Å²) in [6.07, 6.45) is -15.0. The molecule has 0 amide bonds. The number of carbonyl (C=O) groups excluding carboxylic acids is 1. The molecular formula is C45H74F3N3O12S. The van der Waals surface area contributed by atoms with Crippen LogP contribution in [0.3, 0.4) is 0 Å². The molecule has 0 aliphatic carbocycles. The molecule has 3 fully saturated rings. The summed E-state index contributed by atoms with van der Waals surface area (Å²) >= 11 is 5.82. The normalized spacial score (nSPS) is 42.4. The van der Waals surface area contributed by atoms with Crippen LogP contribution in [-0.2, 0) is 39.4 Å². The molecule has 0 aromatic heterocycles. The number of halogens is 3. The second-order valence-corrected chi connectivity index (χ2v) is 19.8. The number of cyclic esters (lactones) is 1. The van der Waals surface area contributed by atoms with Gasteiger partial charge in [-0.3, -0.25) is 4.79 Å². The van der Waals surface area contributed by atoms with Crippen LogP contribution in [0, 0.1) is 17.8 Å². The molecule has 3 aliphatic rings. The minimum Gasteiger partial charge on any atom is -0.459 e. The van der Waals surface area contributed by atoms with E-state index in [1.165, 1.54) is 31.1 Å². The van der Waals surface area contributed by atoms with Crippen LogP contribution in [0.2, 0.25) is 0 Å². The van der Waals surface area contributed by atoms with Gasteiger partial charge in [0.2, 0.25) is 0 Å². The zero-order valence-corrected chi connectivity index (χ0v) is 40.4. The number of rotatable bonds is 8. The van der Waals surface area contributed by atoms with Gasteiger partial charge in [0.15, 0.2) is 17.7 Å². The van der Waals surface area contributed by atoms with Crippen LogP contribution in [0.25, 0.3) is 0 Å². The zero-order valence-electron chi connectivity index (χ0n) is 39.5. The van der Waals surface area contributed by atoms with Crippen molar-refractivity contribution in [2.45, 2.75) is 191 Å². The first kappa shape index (κ1) is 54.3. The third-order valence-electron chi connectivity index (χ3n) is 13.6. The van der Waals surface area contributed by atoms with Crippen molar-refractivity contribution in [3.63, 3.8) is 0 Å². The largest absolute Gasteiger partial charge is 0.459 e. The number of aliphatic hydroxyl groups excluding tert-OH is 3. The Kier molecular flexibility index (Phi) is 18.1. The Labute approximate surface area is 381 Å². The van der Waals surface area contributed by atoms with Crippen molar-refractivity contribution in [1.29, 1.82) is 0 Å². The van der Waals surface area contributed by atoms with Gasteiger partial charge in [0, 0.05) is 37.7 Å². The van der Waals surface area contributed by atoms with Gasteiger partial charge in [0.05, 0.1) is 53.1 Å². The number of anilines is 1. The summed E-state index contributed by atoms with van der Waals surface area (Å²) in [5.41, 5.74) is -5.90. The fourth-order valence-corrected chi connectivity index (χ4v) is 10.1. The van der Waals surface area contributed by atoms with Crippen LogP contribution in [-0.4, -0.2) is 164 Å². The standard InChI is InChI=1S/C45H74F3N3O12S/c1-14-32-44(10,57)36(53)27(6)51(41(64)49-30-17-15-16-29(19-30)45(46,47)48)22-23(2)20-42(8,56)38(63-40-34(52)31(50(11)12)18-24(3)59-40)25(4)35(26(5)39(55)61-32)62-33-21-43(9,58-13)37(54)28(7)60-33/h15-17,19,23-28,31-38,40,52-54,56-57H,14,18,20-22H2,1-13H3,(H,49,64)/t23-,24-,25+,26-,27-,28+,31+,32-,33+,34-,35+,36-,37+,38-,40+,42?,43-,44-/m1/s1. The minimum absolute atomic E-state index is 0.00269. The summed E-state index contributed by atoms with van der Waals surface area (Å²) in [5.74, 6) is -3.40. The Morgan fingerprint density at radius 1 is 1.00 bits per heavy atom. The van der Waals surface area contributed by atoms with E-state index in [1.807, 2.05) is 32.8 Å². The van der Waals surface area contributed by atoms with Crippen molar-refractivity contribution in [3.8, 4) is 0 Å². The van der Waals surface area contributed by atoms with E-state index in [0.717, 1.165) is 12.1 Å². The van der Waals surface area contributed by atoms with E-state index in [-0.39, 0.29) is 48.8 Å². The summed E-state index contributed by atoms with van der Waals surface area (Å²) in [6.45, 7) is 16.5. The van der Waals surface area contributed by atoms with Crippen LogP contribution in [0.15, 0.2) is 24.3 Å². The third kappa shape index (κ3) is 12.4. The van der Waals surface area contributed by atoms with Crippen molar-refractivity contribution < 1.29 is 71.9 Å². The average Bonchev–Trinajstić information content (AvgIpc) is 3.20. The molecule has 15 nitrogen and oxygen atoms in total. The molecule has 0 spiro atoms. The van der Waals surface area contributed by atoms with Gasteiger partial charge < -0.3 is 69.1 Å². The number of methoxy groups -OCH3 is 1. The first-order valence-electron chi connectivity index (χ1n) is 22.3. The highest BCUT2D eigenvalue weighted by atomic mass is 32.1. The molecule has 6 N–H and O–H groups in total. The number of hydrogen-bond donors (Lipinski definition) is 6. The van der Waals surface area contributed by atoms with Crippen molar-refractivity contribution in [3.05, 3.63) is 29.8 Å². The van der Waals surface area contributed by atoms with E-state index in [9.17, 15) is 43.5 Å². The maximum atomic E-state index is 14.5. The number of nitrogens with one attached hydrogen (secondary N) is 1. The molecule has 0 saturated carbocycles. The Morgan fingerprint density at radius 3 is 2.22 bits per heavy atom. The summed E-state index contributed by atoms with van der Waals surface area (Å²) in [6, 6.07) is 3.06. The molecular weight excluding hydrogens is 864 g/mol. The number of aliphatic hydroxyl groups is 5. The first-order valence-corrected chi connectivity index (χ1v) is 22.7. The number of hydrogen-bond acceptors (Lipinski definition) is 14. The van der Waals surface area contributed by atoms with E-state index in [2.05, 4.69) is 5.32 Å². The highest BCUT2D eigenvalue weighted by Gasteiger charge is 2.53. The van der Waals surface area contributed by atoms with Gasteiger partial charge in [-0.25, -0.2) is 0 Å². The van der Waals surface area contributed by atoms with Gasteiger partial charge in [0.25, 0.3) is 0 Å². The second-order valence-electron chi connectivity index (χ2n) is 19.4. The zero-order chi connectivity index (χ0) is 48.4. The lowest BCUT2D eigenvalue weighted by atomic mass is 9.77. The summed E-state index contributed by atoms with van der Waals surface area (Å²) in [4.78, 5) is 17.9. The van der Waals surface area contributed by atoms with Crippen LogP contribution >= 0.6 is 12.2 Å². The fourth-order valence-electron chi connectivity index (χ4n) is 9.75. The number of benzene rings is 1.